The molecule has 1 aromatic carbocycles. The maximum Gasteiger partial charge on any atom is 0.289 e. The quantitative estimate of drug-likeness (QED) is 0.769. The van der Waals surface area contributed by atoms with Crippen molar-refractivity contribution in [2.75, 3.05) is 6.61 Å². The number of benzene rings is 1. The molecule has 17 heavy (non-hydrogen) atoms. The van der Waals surface area contributed by atoms with Gasteiger partial charge in [0, 0.05) is 22.2 Å². The van der Waals surface area contributed by atoms with Gasteiger partial charge in [-0.05, 0) is 13.0 Å². The third kappa shape index (κ3) is 1.92. The summed E-state index contributed by atoms with van der Waals surface area (Å²) in [6.07, 6.45) is 0. The first-order valence-electron chi connectivity index (χ1n) is 5.29. The fourth-order valence-electron chi connectivity index (χ4n) is 2.01. The van der Waals surface area contributed by atoms with Gasteiger partial charge in [0.25, 0.3) is 5.92 Å². The van der Waals surface area contributed by atoms with E-state index < -0.39 is 18.6 Å². The minimum atomic E-state index is -3.32. The van der Waals surface area contributed by atoms with Crippen LogP contribution in [0.1, 0.15) is 17.3 Å². The van der Waals surface area contributed by atoms with E-state index in [9.17, 15) is 8.78 Å². The number of fused-ring (bicyclic) bond motifs is 1. The minimum Gasteiger partial charge on any atom is -0.390 e. The summed E-state index contributed by atoms with van der Waals surface area (Å²) in [6, 6.07) is 5.61. The van der Waals surface area contributed by atoms with Crippen molar-refractivity contribution < 1.29 is 13.9 Å². The predicted molar refractivity (Wildman–Crippen MR) is 62.0 cm³/mol. The van der Waals surface area contributed by atoms with Gasteiger partial charge in [0.05, 0.1) is 6.04 Å². The van der Waals surface area contributed by atoms with Crippen molar-refractivity contribution >= 4 is 10.9 Å². The number of aliphatic hydroxyl groups is 1. The number of alkyl halides is 2. The number of aliphatic hydroxyl groups excluding tert-OH is 1. The van der Waals surface area contributed by atoms with Gasteiger partial charge in [-0.15, -0.1) is 0 Å². The molecule has 0 bridgehead atoms. The van der Waals surface area contributed by atoms with E-state index in [1.54, 1.807) is 25.1 Å². The van der Waals surface area contributed by atoms with Crippen molar-refractivity contribution in [3.63, 3.8) is 0 Å². The Kier molecular flexibility index (Phi) is 2.89. The Bertz CT molecular complexity index is 536. The van der Waals surface area contributed by atoms with Crippen molar-refractivity contribution in [1.29, 1.82) is 0 Å². The van der Waals surface area contributed by atoms with Crippen LogP contribution in [0.5, 0.6) is 0 Å². The largest absolute Gasteiger partial charge is 0.390 e. The number of hydrogen-bond donors (Lipinski definition) is 3. The first kappa shape index (κ1) is 12.0. The number of aromatic amines is 1. The highest BCUT2D eigenvalue weighted by Gasteiger charge is 2.39. The molecule has 0 saturated carbocycles. The van der Waals surface area contributed by atoms with E-state index in [-0.39, 0.29) is 0 Å². The van der Waals surface area contributed by atoms with Crippen LogP contribution in [-0.4, -0.2) is 22.6 Å². The van der Waals surface area contributed by atoms with E-state index in [1.807, 2.05) is 6.07 Å². The zero-order chi connectivity index (χ0) is 12.6. The Morgan fingerprint density at radius 2 is 2.06 bits per heavy atom. The number of H-pyrrole nitrogens is 1. The van der Waals surface area contributed by atoms with Crippen LogP contribution in [-0.2, 0) is 0 Å². The number of aromatic nitrogens is 1. The number of nitrogens with one attached hydrogen (secondary N) is 1. The van der Waals surface area contributed by atoms with Crippen LogP contribution >= 0.6 is 0 Å². The zero-order valence-electron chi connectivity index (χ0n) is 9.37. The molecule has 1 aromatic heterocycles. The first-order valence-corrected chi connectivity index (χ1v) is 5.29. The van der Waals surface area contributed by atoms with E-state index in [4.69, 9.17) is 10.8 Å². The van der Waals surface area contributed by atoms with E-state index in [0.29, 0.717) is 16.6 Å². The van der Waals surface area contributed by atoms with Crippen molar-refractivity contribution in [2.45, 2.75) is 18.9 Å². The normalized spacial score (nSPS) is 14.2. The van der Waals surface area contributed by atoms with E-state index >= 15 is 0 Å². The highest BCUT2D eigenvalue weighted by Crippen LogP contribution is 2.35. The van der Waals surface area contributed by atoms with Crippen LogP contribution in [0.25, 0.3) is 10.9 Å². The first-order chi connectivity index (χ1) is 7.97. The second-order valence-corrected chi connectivity index (χ2v) is 4.11. The molecule has 0 aliphatic carbocycles. The second kappa shape index (κ2) is 4.09. The second-order valence-electron chi connectivity index (χ2n) is 4.11. The molecule has 0 saturated heterocycles. The molecule has 0 fully saturated rings. The molecular weight excluding hydrogens is 226 g/mol. The van der Waals surface area contributed by atoms with Crippen LogP contribution in [0, 0.1) is 6.92 Å². The van der Waals surface area contributed by atoms with Crippen LogP contribution in [0.2, 0.25) is 0 Å². The molecule has 1 atom stereocenters. The topological polar surface area (TPSA) is 62.0 Å². The monoisotopic (exact) mass is 240 g/mol. The molecule has 0 unspecified atom stereocenters. The third-order valence-electron chi connectivity index (χ3n) is 2.92. The molecular formula is C12H14F2N2O. The summed E-state index contributed by atoms with van der Waals surface area (Å²) in [7, 11) is 0. The average molecular weight is 240 g/mol. The molecule has 92 valence electrons. The number of nitrogens with two attached hydrogens (primary N) is 1. The number of halogens is 2. The summed E-state index contributed by atoms with van der Waals surface area (Å²) < 4.78 is 26.9. The third-order valence-corrected chi connectivity index (χ3v) is 2.92. The number of hydrogen-bond acceptors (Lipinski definition) is 2. The fraction of sp³-hybridized carbons (Fsp3) is 0.333. The molecule has 4 N–H and O–H groups in total. The molecule has 5 heteroatoms. The smallest absolute Gasteiger partial charge is 0.289 e. The lowest BCUT2D eigenvalue weighted by Crippen LogP contribution is -2.36. The summed E-state index contributed by atoms with van der Waals surface area (Å²) in [5, 5.41) is 9.36. The molecule has 0 aliphatic heterocycles. The van der Waals surface area contributed by atoms with Crippen LogP contribution in [0.15, 0.2) is 24.3 Å². The molecule has 2 aromatic rings. The summed E-state index contributed by atoms with van der Waals surface area (Å²) in [5.74, 6) is -3.32. The summed E-state index contributed by atoms with van der Waals surface area (Å²) >= 11 is 0. The molecule has 1 heterocycles. The molecule has 2 rings (SSSR count). The Morgan fingerprint density at radius 3 is 2.71 bits per heavy atom. The van der Waals surface area contributed by atoms with Gasteiger partial charge in [0.15, 0.2) is 0 Å². The standard InChI is InChI=1S/C12H14F2N2O/c1-7-10(11(15)12(13,14)6-17)8-4-2-3-5-9(8)16-7/h2-5,11,16-17H,6,15H2,1H3/t11-/m0/s1. The Balaban J connectivity index is 2.59. The minimum absolute atomic E-state index is 0.361. The molecule has 0 spiro atoms. The van der Waals surface area contributed by atoms with Gasteiger partial charge in [0.1, 0.15) is 6.61 Å². The van der Waals surface area contributed by atoms with E-state index in [0.717, 1.165) is 5.52 Å². The van der Waals surface area contributed by atoms with Crippen molar-refractivity contribution in [3.05, 3.63) is 35.5 Å². The average Bonchev–Trinajstić information content (AvgIpc) is 2.64. The van der Waals surface area contributed by atoms with Gasteiger partial charge in [-0.1, -0.05) is 18.2 Å². The van der Waals surface area contributed by atoms with Gasteiger partial charge in [0.2, 0.25) is 0 Å². The Hall–Kier alpha value is -1.46. The predicted octanol–water partition coefficient (Wildman–Crippen LogP) is 2.10. The highest BCUT2D eigenvalue weighted by atomic mass is 19.3. The molecule has 3 nitrogen and oxygen atoms in total. The lowest BCUT2D eigenvalue weighted by molar-refractivity contribution is -0.0709. The van der Waals surface area contributed by atoms with Crippen molar-refractivity contribution in [1.82, 2.24) is 4.98 Å². The lowest BCUT2D eigenvalue weighted by atomic mass is 9.99. The van der Waals surface area contributed by atoms with E-state index in [1.165, 1.54) is 0 Å². The van der Waals surface area contributed by atoms with Crippen LogP contribution in [0.3, 0.4) is 0 Å². The lowest BCUT2D eigenvalue weighted by Gasteiger charge is -2.21. The van der Waals surface area contributed by atoms with Gasteiger partial charge in [-0.2, -0.15) is 0 Å². The van der Waals surface area contributed by atoms with Crippen LogP contribution < -0.4 is 5.73 Å². The highest BCUT2D eigenvalue weighted by molar-refractivity contribution is 5.85. The van der Waals surface area contributed by atoms with Crippen LogP contribution in [0.4, 0.5) is 8.78 Å². The number of aryl methyl sites for hydroxylation is 1. The summed E-state index contributed by atoms with van der Waals surface area (Å²) in [6.45, 7) is 0.440. The summed E-state index contributed by atoms with van der Waals surface area (Å²) in [5.41, 5.74) is 7.30. The maximum atomic E-state index is 13.4. The number of rotatable bonds is 3. The van der Waals surface area contributed by atoms with Crippen molar-refractivity contribution in [3.8, 4) is 0 Å². The molecule has 0 radical (unpaired) electrons. The van der Waals surface area contributed by atoms with Gasteiger partial charge in [-0.3, -0.25) is 0 Å². The summed E-state index contributed by atoms with van der Waals surface area (Å²) in [4.78, 5) is 3.01. The van der Waals surface area contributed by atoms with Gasteiger partial charge >= 0.3 is 0 Å². The Morgan fingerprint density at radius 1 is 1.41 bits per heavy atom. The zero-order valence-corrected chi connectivity index (χ0v) is 9.37. The molecule has 0 aliphatic rings. The van der Waals surface area contributed by atoms with Gasteiger partial charge < -0.3 is 15.8 Å². The maximum absolute atomic E-state index is 13.4. The SMILES string of the molecule is Cc1[nH]c2ccccc2c1[C@H](N)C(F)(F)CO. The van der Waals surface area contributed by atoms with Crippen molar-refractivity contribution in [2.24, 2.45) is 5.73 Å². The van der Waals surface area contributed by atoms with Gasteiger partial charge in [-0.25, -0.2) is 8.78 Å². The fourth-order valence-corrected chi connectivity index (χ4v) is 2.01. The Labute approximate surface area is 97.2 Å². The molecule has 0 amide bonds. The number of para-hydroxylation sites is 1. The van der Waals surface area contributed by atoms with E-state index in [2.05, 4.69) is 4.98 Å².